The molecule has 6 heteroatoms. The Bertz CT molecular complexity index is 504. The maximum Gasteiger partial charge on any atom is 0.241 e. The first-order valence-corrected chi connectivity index (χ1v) is 8.08. The molecule has 5 nitrogen and oxygen atoms in total. The average molecular weight is 327 g/mol. The van der Waals surface area contributed by atoms with Crippen molar-refractivity contribution in [1.82, 2.24) is 0 Å². The van der Waals surface area contributed by atoms with Crippen LogP contribution in [0.15, 0.2) is 18.2 Å². The second-order valence-corrected chi connectivity index (χ2v) is 5.91. The summed E-state index contributed by atoms with van der Waals surface area (Å²) in [6.07, 6.45) is 3.66. The summed E-state index contributed by atoms with van der Waals surface area (Å²) in [6.45, 7) is 3.23. The summed E-state index contributed by atoms with van der Waals surface area (Å²) in [5.41, 5.74) is 6.37. The lowest BCUT2D eigenvalue weighted by Gasteiger charge is -2.17. The van der Waals surface area contributed by atoms with Gasteiger partial charge >= 0.3 is 0 Å². The molecule has 122 valence electrons. The zero-order valence-corrected chi connectivity index (χ0v) is 13.6. The summed E-state index contributed by atoms with van der Waals surface area (Å²) in [4.78, 5) is 12.1. The molecule has 2 atom stereocenters. The van der Waals surface area contributed by atoms with Gasteiger partial charge in [0.25, 0.3) is 0 Å². The van der Waals surface area contributed by atoms with Crippen molar-refractivity contribution in [2.45, 2.75) is 44.8 Å². The number of nitrogens with one attached hydrogen (secondary N) is 1. The number of benzene rings is 1. The molecule has 1 saturated heterocycles. The summed E-state index contributed by atoms with van der Waals surface area (Å²) < 4.78 is 11.3. The van der Waals surface area contributed by atoms with E-state index in [9.17, 15) is 4.79 Å². The summed E-state index contributed by atoms with van der Waals surface area (Å²) in [5, 5.41) is 3.33. The highest BCUT2D eigenvalue weighted by atomic mass is 35.5. The van der Waals surface area contributed by atoms with E-state index in [1.165, 1.54) is 0 Å². The smallest absolute Gasteiger partial charge is 0.241 e. The van der Waals surface area contributed by atoms with Gasteiger partial charge in [-0.15, -0.1) is 0 Å². The molecular weight excluding hydrogens is 304 g/mol. The first-order valence-electron chi connectivity index (χ1n) is 7.70. The molecule has 0 radical (unpaired) electrons. The van der Waals surface area contributed by atoms with Gasteiger partial charge in [-0.3, -0.25) is 4.79 Å². The minimum atomic E-state index is -0.532. The molecule has 0 spiro atoms. The number of carbonyl (C=O) groups excluding carboxylic acids is 1. The second-order valence-electron chi connectivity index (χ2n) is 5.47. The Morgan fingerprint density at radius 3 is 3.09 bits per heavy atom. The number of carbonyl (C=O) groups is 1. The first kappa shape index (κ1) is 17.1. The largest absolute Gasteiger partial charge is 0.489 e. The molecule has 1 amide bonds. The van der Waals surface area contributed by atoms with Gasteiger partial charge in [0.05, 0.1) is 17.8 Å². The maximum atomic E-state index is 12.1. The molecule has 22 heavy (non-hydrogen) atoms. The number of rotatable bonds is 7. The third-order valence-corrected chi connectivity index (χ3v) is 3.82. The van der Waals surface area contributed by atoms with Crippen LogP contribution in [0.1, 0.15) is 32.6 Å². The zero-order valence-electron chi connectivity index (χ0n) is 12.8. The molecule has 1 aliphatic rings. The molecule has 0 bridgehead atoms. The van der Waals surface area contributed by atoms with Crippen molar-refractivity contribution in [3.8, 4) is 5.75 Å². The van der Waals surface area contributed by atoms with E-state index in [2.05, 4.69) is 5.32 Å². The molecule has 0 aromatic heterocycles. The van der Waals surface area contributed by atoms with Gasteiger partial charge in [-0.05, 0) is 37.5 Å². The molecule has 2 rings (SSSR count). The first-order chi connectivity index (χ1) is 10.6. The van der Waals surface area contributed by atoms with Crippen molar-refractivity contribution in [3.05, 3.63) is 23.2 Å². The van der Waals surface area contributed by atoms with E-state index in [1.807, 2.05) is 6.92 Å². The monoisotopic (exact) mass is 326 g/mol. The highest BCUT2D eigenvalue weighted by Crippen LogP contribution is 2.29. The van der Waals surface area contributed by atoms with Gasteiger partial charge in [-0.1, -0.05) is 24.9 Å². The van der Waals surface area contributed by atoms with Gasteiger partial charge < -0.3 is 20.5 Å². The highest BCUT2D eigenvalue weighted by molar-refractivity contribution is 6.31. The Kier molecular flexibility index (Phi) is 6.49. The topological polar surface area (TPSA) is 73.6 Å². The van der Waals surface area contributed by atoms with Crippen molar-refractivity contribution in [1.29, 1.82) is 0 Å². The van der Waals surface area contributed by atoms with Gasteiger partial charge in [0, 0.05) is 11.6 Å². The van der Waals surface area contributed by atoms with Crippen molar-refractivity contribution < 1.29 is 14.3 Å². The fourth-order valence-electron chi connectivity index (χ4n) is 2.35. The molecule has 1 aromatic rings. The Morgan fingerprint density at radius 1 is 1.59 bits per heavy atom. The van der Waals surface area contributed by atoms with E-state index < -0.39 is 6.04 Å². The van der Waals surface area contributed by atoms with Crippen LogP contribution in [-0.2, 0) is 9.53 Å². The van der Waals surface area contributed by atoms with Gasteiger partial charge in [0.2, 0.25) is 5.91 Å². The Hall–Kier alpha value is -1.30. The average Bonchev–Trinajstić information content (AvgIpc) is 3.00. The molecule has 1 heterocycles. The number of ether oxygens (including phenoxy) is 2. The van der Waals surface area contributed by atoms with E-state index in [-0.39, 0.29) is 12.0 Å². The van der Waals surface area contributed by atoms with Crippen LogP contribution in [0.2, 0.25) is 5.02 Å². The number of hydrogen-bond acceptors (Lipinski definition) is 4. The van der Waals surface area contributed by atoms with E-state index in [0.29, 0.717) is 29.5 Å². The summed E-state index contributed by atoms with van der Waals surface area (Å²) in [7, 11) is 0. The van der Waals surface area contributed by atoms with Crippen LogP contribution in [0.5, 0.6) is 5.75 Å². The highest BCUT2D eigenvalue weighted by Gasteiger charge is 2.18. The molecule has 0 saturated carbocycles. The number of anilines is 1. The molecular formula is C16H23ClN2O3. The van der Waals surface area contributed by atoms with E-state index in [1.54, 1.807) is 18.2 Å². The van der Waals surface area contributed by atoms with Gasteiger partial charge in [-0.25, -0.2) is 0 Å². The molecule has 3 N–H and O–H groups in total. The molecule has 2 unspecified atom stereocenters. The predicted octanol–water partition coefficient (Wildman–Crippen LogP) is 2.96. The van der Waals surface area contributed by atoms with E-state index >= 15 is 0 Å². The van der Waals surface area contributed by atoms with Crippen molar-refractivity contribution >= 4 is 23.2 Å². The van der Waals surface area contributed by atoms with Crippen LogP contribution in [-0.4, -0.2) is 31.3 Å². The van der Waals surface area contributed by atoms with E-state index in [0.717, 1.165) is 25.9 Å². The lowest BCUT2D eigenvalue weighted by Crippen LogP contribution is -2.35. The van der Waals surface area contributed by atoms with Crippen LogP contribution in [0.4, 0.5) is 5.69 Å². The zero-order chi connectivity index (χ0) is 15.9. The number of amides is 1. The minimum absolute atomic E-state index is 0.113. The third-order valence-electron chi connectivity index (χ3n) is 3.58. The van der Waals surface area contributed by atoms with Gasteiger partial charge in [0.1, 0.15) is 12.4 Å². The van der Waals surface area contributed by atoms with E-state index in [4.69, 9.17) is 26.8 Å². The summed E-state index contributed by atoms with van der Waals surface area (Å²) in [5.74, 6) is 0.350. The van der Waals surface area contributed by atoms with Crippen LogP contribution in [0, 0.1) is 0 Å². The Balaban J connectivity index is 2.01. The Labute approximate surface area is 136 Å². The summed E-state index contributed by atoms with van der Waals surface area (Å²) in [6, 6.07) is 4.62. The second kappa shape index (κ2) is 8.36. The van der Waals surface area contributed by atoms with Crippen molar-refractivity contribution in [2.24, 2.45) is 5.73 Å². The maximum absolute atomic E-state index is 12.1. The molecule has 1 aliphatic heterocycles. The number of nitrogens with two attached hydrogens (primary N) is 1. The van der Waals surface area contributed by atoms with Crippen LogP contribution >= 0.6 is 11.6 Å². The fourth-order valence-corrected chi connectivity index (χ4v) is 2.52. The summed E-state index contributed by atoms with van der Waals surface area (Å²) >= 11 is 6.01. The number of halogens is 1. The molecule has 1 aromatic carbocycles. The van der Waals surface area contributed by atoms with Gasteiger partial charge in [0.15, 0.2) is 0 Å². The Morgan fingerprint density at radius 2 is 2.41 bits per heavy atom. The lowest BCUT2D eigenvalue weighted by atomic mass is 10.1. The third kappa shape index (κ3) is 4.87. The minimum Gasteiger partial charge on any atom is -0.489 e. The number of hydrogen-bond donors (Lipinski definition) is 2. The van der Waals surface area contributed by atoms with Crippen molar-refractivity contribution in [2.75, 3.05) is 18.5 Å². The molecule has 1 fully saturated rings. The SMILES string of the molecule is CCCC(N)C(=O)Nc1cc(Cl)ccc1OCC1CCCO1. The van der Waals surface area contributed by atoms with Crippen LogP contribution in [0.3, 0.4) is 0 Å². The normalized spacial score (nSPS) is 19.0. The quantitative estimate of drug-likeness (QED) is 0.808. The van der Waals surface area contributed by atoms with Crippen molar-refractivity contribution in [3.63, 3.8) is 0 Å². The lowest BCUT2D eigenvalue weighted by molar-refractivity contribution is -0.117. The predicted molar refractivity (Wildman–Crippen MR) is 87.4 cm³/mol. The molecule has 0 aliphatic carbocycles. The van der Waals surface area contributed by atoms with Crippen LogP contribution in [0.25, 0.3) is 0 Å². The van der Waals surface area contributed by atoms with Gasteiger partial charge in [-0.2, -0.15) is 0 Å². The standard InChI is InChI=1S/C16H23ClN2O3/c1-2-4-13(18)16(20)19-14-9-11(17)6-7-15(14)22-10-12-5-3-8-21-12/h6-7,9,12-13H,2-5,8,10,18H2,1H3,(H,19,20). The fraction of sp³-hybridized carbons (Fsp3) is 0.562. The van der Waals surface area contributed by atoms with Crippen LogP contribution < -0.4 is 15.8 Å².